The van der Waals surface area contributed by atoms with E-state index in [2.05, 4.69) is 67.8 Å². The molecule has 0 fully saturated rings. The number of ether oxygens (including phenoxy) is 1. The second-order valence-electron chi connectivity index (χ2n) is 12.6. The van der Waals surface area contributed by atoms with Crippen LogP contribution in [0.15, 0.2) is 48.6 Å². The molecule has 0 aliphatic carbocycles. The largest absolute Gasteiger partial charge is 0.472 e. The number of carbonyl (C=O) groups excluding carboxylic acids is 2. The summed E-state index contributed by atoms with van der Waals surface area (Å²) in [5, 5.41) is 12.6. The third-order valence-corrected chi connectivity index (χ3v) is 8.75. The maximum atomic E-state index is 12.0. The van der Waals surface area contributed by atoms with Gasteiger partial charge in [0.2, 0.25) is 5.91 Å². The molecular formula is C39H70NO8P. The number of phosphoric acid groups is 1. The van der Waals surface area contributed by atoms with Crippen molar-refractivity contribution < 1.29 is 37.9 Å². The first kappa shape index (κ1) is 47.0. The van der Waals surface area contributed by atoms with E-state index in [1.54, 1.807) is 0 Å². The minimum atomic E-state index is -4.41. The second kappa shape index (κ2) is 35.8. The third-order valence-electron chi connectivity index (χ3n) is 7.76. The molecule has 0 aromatic carbocycles. The average Bonchev–Trinajstić information content (AvgIpc) is 3.08. The first-order chi connectivity index (χ1) is 23.8. The van der Waals surface area contributed by atoms with Gasteiger partial charge in [0.15, 0.2) is 0 Å². The van der Waals surface area contributed by atoms with Crippen molar-refractivity contribution in [2.45, 2.75) is 161 Å². The SMILES string of the molecule is CCCCC/C=C\C/C=C\C/C=C\C/C=C\CCCCCCCC(=O)OCC(O)COP(=O)(O)OCCNC(=O)CCCCCCCCC. The number of phosphoric ester groups is 1. The van der Waals surface area contributed by atoms with Crippen molar-refractivity contribution in [3.63, 3.8) is 0 Å². The third kappa shape index (κ3) is 37.1. The fraction of sp³-hybridized carbons (Fsp3) is 0.744. The summed E-state index contributed by atoms with van der Waals surface area (Å²) in [5.74, 6) is -0.544. The monoisotopic (exact) mass is 711 g/mol. The van der Waals surface area contributed by atoms with E-state index in [1.165, 1.54) is 51.4 Å². The Morgan fingerprint density at radius 2 is 1.10 bits per heavy atom. The van der Waals surface area contributed by atoms with E-state index < -0.39 is 26.5 Å². The number of rotatable bonds is 35. The molecule has 0 aromatic rings. The zero-order valence-electron chi connectivity index (χ0n) is 30.9. The van der Waals surface area contributed by atoms with Crippen molar-refractivity contribution >= 4 is 19.7 Å². The van der Waals surface area contributed by atoms with Gasteiger partial charge in [-0.15, -0.1) is 0 Å². The van der Waals surface area contributed by atoms with Crippen LogP contribution in [-0.4, -0.2) is 54.3 Å². The van der Waals surface area contributed by atoms with Gasteiger partial charge in [0.05, 0.1) is 13.2 Å². The highest BCUT2D eigenvalue weighted by molar-refractivity contribution is 7.47. The van der Waals surface area contributed by atoms with Crippen LogP contribution in [0.5, 0.6) is 0 Å². The summed E-state index contributed by atoms with van der Waals surface area (Å²) >= 11 is 0. The van der Waals surface area contributed by atoms with Crippen LogP contribution in [0.25, 0.3) is 0 Å². The maximum absolute atomic E-state index is 12.0. The molecule has 0 saturated carbocycles. The number of amides is 1. The van der Waals surface area contributed by atoms with E-state index in [9.17, 15) is 24.2 Å². The normalized spacial score (nSPS) is 14.0. The molecule has 2 unspecified atom stereocenters. The second-order valence-corrected chi connectivity index (χ2v) is 14.0. The molecule has 10 heteroatoms. The van der Waals surface area contributed by atoms with Gasteiger partial charge < -0.3 is 20.1 Å². The van der Waals surface area contributed by atoms with Gasteiger partial charge in [-0.05, 0) is 57.8 Å². The Hall–Kier alpha value is -2.03. The summed E-state index contributed by atoms with van der Waals surface area (Å²) in [4.78, 5) is 33.6. The van der Waals surface area contributed by atoms with Crippen molar-refractivity contribution in [2.75, 3.05) is 26.4 Å². The lowest BCUT2D eigenvalue weighted by atomic mass is 10.1. The number of hydrogen-bond donors (Lipinski definition) is 3. The molecular weight excluding hydrogens is 641 g/mol. The summed E-state index contributed by atoms with van der Waals surface area (Å²) in [6, 6.07) is 0. The molecule has 0 spiro atoms. The smallest absolute Gasteiger partial charge is 0.463 e. The van der Waals surface area contributed by atoms with Gasteiger partial charge >= 0.3 is 13.8 Å². The van der Waals surface area contributed by atoms with Gasteiger partial charge in [-0.25, -0.2) is 4.57 Å². The number of nitrogens with one attached hydrogen (secondary N) is 1. The highest BCUT2D eigenvalue weighted by atomic mass is 31.2. The first-order valence-electron chi connectivity index (χ1n) is 19.1. The van der Waals surface area contributed by atoms with Crippen LogP contribution < -0.4 is 5.32 Å². The quantitative estimate of drug-likeness (QED) is 0.0256. The van der Waals surface area contributed by atoms with E-state index in [0.717, 1.165) is 70.6 Å². The predicted molar refractivity (Wildman–Crippen MR) is 201 cm³/mol. The van der Waals surface area contributed by atoms with Gasteiger partial charge in [-0.2, -0.15) is 0 Å². The summed E-state index contributed by atoms with van der Waals surface area (Å²) in [5.41, 5.74) is 0. The molecule has 0 aromatic heterocycles. The van der Waals surface area contributed by atoms with Gasteiger partial charge in [0.1, 0.15) is 12.7 Å². The topological polar surface area (TPSA) is 131 Å². The number of unbranched alkanes of at least 4 members (excludes halogenated alkanes) is 14. The summed E-state index contributed by atoms with van der Waals surface area (Å²) in [7, 11) is -4.41. The summed E-state index contributed by atoms with van der Waals surface area (Å²) in [6.45, 7) is 3.43. The fourth-order valence-electron chi connectivity index (χ4n) is 4.83. The molecule has 0 radical (unpaired) electrons. The number of esters is 1. The van der Waals surface area contributed by atoms with Gasteiger partial charge in [-0.1, -0.05) is 133 Å². The number of hydrogen-bond acceptors (Lipinski definition) is 7. The minimum Gasteiger partial charge on any atom is -0.463 e. The van der Waals surface area contributed by atoms with E-state index in [0.29, 0.717) is 12.8 Å². The summed E-state index contributed by atoms with van der Waals surface area (Å²) in [6.07, 6.45) is 39.1. The lowest BCUT2D eigenvalue weighted by Crippen LogP contribution is -2.27. The van der Waals surface area contributed by atoms with Crippen molar-refractivity contribution in [1.82, 2.24) is 5.32 Å². The minimum absolute atomic E-state index is 0.0782. The highest BCUT2D eigenvalue weighted by Crippen LogP contribution is 2.42. The number of allylic oxidation sites excluding steroid dienone is 8. The Kier molecular flexibility index (Phi) is 34.3. The average molecular weight is 712 g/mol. The Balaban J connectivity index is 3.67. The number of aliphatic hydroxyl groups is 1. The molecule has 0 bridgehead atoms. The van der Waals surface area contributed by atoms with Gasteiger partial charge in [0, 0.05) is 19.4 Å². The Labute approximate surface area is 298 Å². The lowest BCUT2D eigenvalue weighted by molar-refractivity contribution is -0.147. The number of aliphatic hydroxyl groups excluding tert-OH is 1. The molecule has 49 heavy (non-hydrogen) atoms. The molecule has 0 aliphatic heterocycles. The summed E-state index contributed by atoms with van der Waals surface area (Å²) < 4.78 is 26.7. The molecule has 0 rings (SSSR count). The zero-order valence-corrected chi connectivity index (χ0v) is 31.8. The van der Waals surface area contributed by atoms with E-state index >= 15 is 0 Å². The Bertz CT molecular complexity index is 949. The molecule has 284 valence electrons. The van der Waals surface area contributed by atoms with Crippen molar-refractivity contribution in [3.05, 3.63) is 48.6 Å². The van der Waals surface area contributed by atoms with Crippen LogP contribution in [0, 0.1) is 0 Å². The molecule has 0 aliphatic rings. The lowest BCUT2D eigenvalue weighted by Gasteiger charge is -2.15. The van der Waals surface area contributed by atoms with Gasteiger partial charge in [0.25, 0.3) is 0 Å². The zero-order chi connectivity index (χ0) is 36.1. The van der Waals surface area contributed by atoms with Crippen molar-refractivity contribution in [3.8, 4) is 0 Å². The maximum Gasteiger partial charge on any atom is 0.472 e. The van der Waals surface area contributed by atoms with E-state index in [-0.39, 0.29) is 32.1 Å². The van der Waals surface area contributed by atoms with Crippen LogP contribution in [0.1, 0.15) is 155 Å². The highest BCUT2D eigenvalue weighted by Gasteiger charge is 2.23. The van der Waals surface area contributed by atoms with Crippen LogP contribution in [0.4, 0.5) is 0 Å². The van der Waals surface area contributed by atoms with Crippen molar-refractivity contribution in [2.24, 2.45) is 0 Å². The van der Waals surface area contributed by atoms with Crippen LogP contribution >= 0.6 is 7.82 Å². The van der Waals surface area contributed by atoms with E-state index in [1.807, 2.05) is 0 Å². The molecule has 0 saturated heterocycles. The molecule has 0 heterocycles. The van der Waals surface area contributed by atoms with Crippen LogP contribution in [0.3, 0.4) is 0 Å². The fourth-order valence-corrected chi connectivity index (χ4v) is 5.59. The standard InChI is InChI=1S/C39H70NO8P/c1-3-5-7-9-11-12-13-14-15-16-17-18-19-20-21-22-23-24-26-28-30-32-39(43)46-35-37(41)36-48-49(44,45)47-34-33-40-38(42)31-29-27-25-10-8-6-4-2/h11-12,14-15,17-18,20-21,37,41H,3-10,13,16,19,22-36H2,1-2H3,(H,40,42)(H,44,45)/b12-11-,15-14-,18-17-,21-20-. The van der Waals surface area contributed by atoms with Crippen molar-refractivity contribution in [1.29, 1.82) is 0 Å². The molecule has 2 atom stereocenters. The Morgan fingerprint density at radius 1 is 0.633 bits per heavy atom. The molecule has 9 nitrogen and oxygen atoms in total. The van der Waals surface area contributed by atoms with E-state index in [4.69, 9.17) is 13.8 Å². The molecule has 3 N–H and O–H groups in total. The Morgan fingerprint density at radius 3 is 1.69 bits per heavy atom. The van der Waals surface area contributed by atoms with Crippen LogP contribution in [-0.2, 0) is 27.9 Å². The van der Waals surface area contributed by atoms with Crippen LogP contribution in [0.2, 0.25) is 0 Å². The predicted octanol–water partition coefficient (Wildman–Crippen LogP) is 9.99. The first-order valence-corrected chi connectivity index (χ1v) is 20.6. The van der Waals surface area contributed by atoms with Gasteiger partial charge in [-0.3, -0.25) is 18.6 Å². The number of carbonyl (C=O) groups is 2. The molecule has 1 amide bonds.